The molecule has 3 rings (SSSR count). The second-order valence-corrected chi connectivity index (χ2v) is 5.07. The van der Waals surface area contributed by atoms with Gasteiger partial charge in [-0.2, -0.15) is 5.10 Å². The number of rotatable bonds is 4. The zero-order valence-corrected chi connectivity index (χ0v) is 9.52. The van der Waals surface area contributed by atoms with E-state index in [2.05, 4.69) is 15.1 Å². The summed E-state index contributed by atoms with van der Waals surface area (Å²) in [5, 5.41) is 16.2. The Labute approximate surface area is 95.7 Å². The van der Waals surface area contributed by atoms with Crippen LogP contribution < -0.4 is 0 Å². The van der Waals surface area contributed by atoms with Crippen LogP contribution in [0.15, 0.2) is 6.07 Å². The quantitative estimate of drug-likeness (QED) is 0.809. The van der Waals surface area contributed by atoms with Gasteiger partial charge in [-0.25, -0.2) is 0 Å². The molecule has 16 heavy (non-hydrogen) atoms. The van der Waals surface area contributed by atoms with Gasteiger partial charge in [0.05, 0.1) is 24.0 Å². The number of aliphatic hydroxyl groups excluding tert-OH is 1. The summed E-state index contributed by atoms with van der Waals surface area (Å²) in [5.74, 6) is 0.942. The first-order valence-electron chi connectivity index (χ1n) is 6.26. The molecule has 1 aliphatic heterocycles. The van der Waals surface area contributed by atoms with E-state index >= 15 is 0 Å². The van der Waals surface area contributed by atoms with Crippen molar-refractivity contribution in [3.8, 4) is 0 Å². The van der Waals surface area contributed by atoms with Crippen molar-refractivity contribution in [2.75, 3.05) is 13.1 Å². The molecule has 4 nitrogen and oxygen atoms in total. The SMILES string of the molecule is OCc1cc(C2CCCN2CC2CC2)n[nH]1. The van der Waals surface area contributed by atoms with Crippen molar-refractivity contribution < 1.29 is 5.11 Å². The first-order chi connectivity index (χ1) is 7.86. The van der Waals surface area contributed by atoms with Crippen LogP contribution in [-0.4, -0.2) is 33.3 Å². The maximum absolute atomic E-state index is 9.03. The summed E-state index contributed by atoms with van der Waals surface area (Å²) in [4.78, 5) is 2.56. The van der Waals surface area contributed by atoms with Crippen LogP contribution in [0.4, 0.5) is 0 Å². The van der Waals surface area contributed by atoms with Gasteiger partial charge in [-0.3, -0.25) is 10.00 Å². The van der Waals surface area contributed by atoms with E-state index in [1.807, 2.05) is 6.07 Å². The Morgan fingerprint density at radius 2 is 2.31 bits per heavy atom. The maximum Gasteiger partial charge on any atom is 0.0847 e. The second-order valence-electron chi connectivity index (χ2n) is 5.07. The standard InChI is InChI=1S/C12H19N3O/c16-8-10-6-11(14-13-10)12-2-1-5-15(12)7-9-3-4-9/h6,9,12,16H,1-5,7-8H2,(H,13,14). The minimum Gasteiger partial charge on any atom is -0.390 e. The fraction of sp³-hybridized carbons (Fsp3) is 0.750. The van der Waals surface area contributed by atoms with Gasteiger partial charge in [0.15, 0.2) is 0 Å². The number of likely N-dealkylation sites (tertiary alicyclic amines) is 1. The number of aromatic amines is 1. The summed E-state index contributed by atoms with van der Waals surface area (Å²) in [7, 11) is 0. The minimum absolute atomic E-state index is 0.0579. The molecule has 2 fully saturated rings. The van der Waals surface area contributed by atoms with Crippen LogP contribution in [0.5, 0.6) is 0 Å². The Balaban J connectivity index is 1.71. The Hall–Kier alpha value is -0.870. The maximum atomic E-state index is 9.03. The molecule has 2 heterocycles. The van der Waals surface area contributed by atoms with E-state index in [9.17, 15) is 0 Å². The molecule has 0 bridgehead atoms. The van der Waals surface area contributed by atoms with Gasteiger partial charge >= 0.3 is 0 Å². The Morgan fingerprint density at radius 1 is 1.44 bits per heavy atom. The van der Waals surface area contributed by atoms with Gasteiger partial charge in [-0.05, 0) is 44.2 Å². The predicted octanol–water partition coefficient (Wildman–Crippen LogP) is 1.45. The van der Waals surface area contributed by atoms with Crippen LogP contribution in [0, 0.1) is 5.92 Å². The lowest BCUT2D eigenvalue weighted by Crippen LogP contribution is -2.25. The van der Waals surface area contributed by atoms with Crippen LogP contribution in [0.3, 0.4) is 0 Å². The predicted molar refractivity (Wildman–Crippen MR) is 60.8 cm³/mol. The minimum atomic E-state index is 0.0579. The number of aliphatic hydroxyl groups is 1. The molecule has 0 radical (unpaired) electrons. The molecule has 1 saturated heterocycles. The zero-order chi connectivity index (χ0) is 11.0. The van der Waals surface area contributed by atoms with Crippen LogP contribution in [0.2, 0.25) is 0 Å². The average Bonchev–Trinajstić information content (AvgIpc) is 2.81. The second kappa shape index (κ2) is 4.18. The highest BCUT2D eigenvalue weighted by molar-refractivity contribution is 5.13. The molecule has 0 spiro atoms. The first kappa shape index (κ1) is 10.3. The van der Waals surface area contributed by atoms with Crippen molar-refractivity contribution >= 4 is 0 Å². The van der Waals surface area contributed by atoms with Gasteiger partial charge in [0.2, 0.25) is 0 Å². The van der Waals surface area contributed by atoms with E-state index < -0.39 is 0 Å². The van der Waals surface area contributed by atoms with Gasteiger partial charge in [0, 0.05) is 6.54 Å². The average molecular weight is 221 g/mol. The molecule has 2 aliphatic rings. The highest BCUT2D eigenvalue weighted by Gasteiger charge is 2.32. The summed E-state index contributed by atoms with van der Waals surface area (Å²) in [6.07, 6.45) is 5.30. The van der Waals surface area contributed by atoms with Gasteiger partial charge < -0.3 is 5.11 Å². The fourth-order valence-electron chi connectivity index (χ4n) is 2.64. The fourth-order valence-corrected chi connectivity index (χ4v) is 2.64. The highest BCUT2D eigenvalue weighted by Crippen LogP contribution is 2.37. The summed E-state index contributed by atoms with van der Waals surface area (Å²) < 4.78 is 0. The van der Waals surface area contributed by atoms with Crippen LogP contribution in [0.1, 0.15) is 43.1 Å². The third-order valence-electron chi connectivity index (χ3n) is 3.72. The molecule has 88 valence electrons. The monoisotopic (exact) mass is 221 g/mol. The molecule has 1 aromatic heterocycles. The summed E-state index contributed by atoms with van der Waals surface area (Å²) in [6, 6.07) is 2.49. The molecule has 0 aromatic carbocycles. The molecule has 4 heteroatoms. The third-order valence-corrected chi connectivity index (χ3v) is 3.72. The topological polar surface area (TPSA) is 52.1 Å². The molecule has 0 amide bonds. The highest BCUT2D eigenvalue weighted by atomic mass is 16.3. The van der Waals surface area contributed by atoms with E-state index in [0.717, 1.165) is 17.3 Å². The zero-order valence-electron chi connectivity index (χ0n) is 9.52. The van der Waals surface area contributed by atoms with E-state index in [0.29, 0.717) is 6.04 Å². The van der Waals surface area contributed by atoms with Gasteiger partial charge in [0.25, 0.3) is 0 Å². The lowest BCUT2D eigenvalue weighted by Gasteiger charge is -2.22. The summed E-state index contributed by atoms with van der Waals surface area (Å²) in [5.41, 5.74) is 1.94. The molecular formula is C12H19N3O. The van der Waals surface area contributed by atoms with Crippen LogP contribution >= 0.6 is 0 Å². The summed E-state index contributed by atoms with van der Waals surface area (Å²) in [6.45, 7) is 2.51. The Morgan fingerprint density at radius 3 is 3.00 bits per heavy atom. The first-order valence-corrected chi connectivity index (χ1v) is 6.26. The molecule has 1 aromatic rings. The molecule has 1 aliphatic carbocycles. The van der Waals surface area contributed by atoms with Crippen molar-refractivity contribution in [2.24, 2.45) is 5.92 Å². The number of aromatic nitrogens is 2. The van der Waals surface area contributed by atoms with Crippen molar-refractivity contribution in [1.82, 2.24) is 15.1 Å². The van der Waals surface area contributed by atoms with Crippen molar-refractivity contribution in [3.63, 3.8) is 0 Å². The van der Waals surface area contributed by atoms with Gasteiger partial charge in [-0.1, -0.05) is 0 Å². The smallest absolute Gasteiger partial charge is 0.0847 e. The molecule has 1 unspecified atom stereocenters. The molecular weight excluding hydrogens is 202 g/mol. The molecule has 1 atom stereocenters. The Bertz CT molecular complexity index is 359. The number of H-pyrrole nitrogens is 1. The largest absolute Gasteiger partial charge is 0.390 e. The van der Waals surface area contributed by atoms with Crippen LogP contribution in [-0.2, 0) is 6.61 Å². The van der Waals surface area contributed by atoms with Gasteiger partial charge in [0.1, 0.15) is 0 Å². The third kappa shape index (κ3) is 1.99. The van der Waals surface area contributed by atoms with Gasteiger partial charge in [-0.15, -0.1) is 0 Å². The van der Waals surface area contributed by atoms with E-state index in [4.69, 9.17) is 5.11 Å². The lowest BCUT2D eigenvalue weighted by molar-refractivity contribution is 0.242. The molecule has 2 N–H and O–H groups in total. The Kier molecular flexibility index (Phi) is 2.69. The van der Waals surface area contributed by atoms with Crippen molar-refractivity contribution in [3.05, 3.63) is 17.5 Å². The number of hydrogen-bond acceptors (Lipinski definition) is 3. The van der Waals surface area contributed by atoms with Crippen LogP contribution in [0.25, 0.3) is 0 Å². The van der Waals surface area contributed by atoms with Crippen molar-refractivity contribution in [2.45, 2.75) is 38.3 Å². The van der Waals surface area contributed by atoms with E-state index in [-0.39, 0.29) is 6.61 Å². The summed E-state index contributed by atoms with van der Waals surface area (Å²) >= 11 is 0. The number of nitrogens with zero attached hydrogens (tertiary/aromatic N) is 2. The molecule has 1 saturated carbocycles. The van der Waals surface area contributed by atoms with E-state index in [1.165, 1.54) is 38.8 Å². The lowest BCUT2D eigenvalue weighted by atomic mass is 10.1. The van der Waals surface area contributed by atoms with Crippen molar-refractivity contribution in [1.29, 1.82) is 0 Å². The van der Waals surface area contributed by atoms with E-state index in [1.54, 1.807) is 0 Å². The number of hydrogen-bond donors (Lipinski definition) is 2. The normalized spacial score (nSPS) is 26.4. The number of nitrogens with one attached hydrogen (secondary N) is 1.